The minimum Gasteiger partial charge on any atom is -0.489 e. The van der Waals surface area contributed by atoms with Crippen LogP contribution in [0.2, 0.25) is 5.02 Å². The fraction of sp³-hybridized carbons (Fsp3) is 0.267. The van der Waals surface area contributed by atoms with Crippen LogP contribution in [-0.4, -0.2) is 11.5 Å². The van der Waals surface area contributed by atoms with E-state index in [-0.39, 0.29) is 5.02 Å². The van der Waals surface area contributed by atoms with Gasteiger partial charge in [-0.15, -0.1) is 0 Å². The van der Waals surface area contributed by atoms with Crippen LogP contribution in [0.1, 0.15) is 18.9 Å². The molecule has 20 heavy (non-hydrogen) atoms. The molecular formula is C15H16ClFN2O. The van der Waals surface area contributed by atoms with Crippen LogP contribution in [-0.2, 0) is 6.61 Å². The first-order valence-corrected chi connectivity index (χ1v) is 6.83. The Balaban J connectivity index is 1.97. The van der Waals surface area contributed by atoms with Crippen LogP contribution in [0.25, 0.3) is 0 Å². The van der Waals surface area contributed by atoms with Crippen molar-refractivity contribution in [1.29, 1.82) is 0 Å². The first kappa shape index (κ1) is 14.6. The van der Waals surface area contributed by atoms with Crippen molar-refractivity contribution in [2.75, 3.05) is 11.9 Å². The molecule has 0 saturated heterocycles. The summed E-state index contributed by atoms with van der Waals surface area (Å²) >= 11 is 5.70. The van der Waals surface area contributed by atoms with E-state index in [0.29, 0.717) is 12.4 Å². The number of hydrogen-bond donors (Lipinski definition) is 1. The minimum absolute atomic E-state index is 0.0579. The molecule has 0 fully saturated rings. The molecule has 3 nitrogen and oxygen atoms in total. The zero-order valence-corrected chi connectivity index (χ0v) is 12.0. The SMILES string of the molecule is CCCNc1cc(COc2ccc(F)c(Cl)c2)ccn1. The van der Waals surface area contributed by atoms with E-state index in [2.05, 4.69) is 17.2 Å². The van der Waals surface area contributed by atoms with Crippen LogP contribution in [0, 0.1) is 5.82 Å². The summed E-state index contributed by atoms with van der Waals surface area (Å²) in [6, 6.07) is 8.12. The summed E-state index contributed by atoms with van der Waals surface area (Å²) in [6.45, 7) is 3.36. The van der Waals surface area contributed by atoms with E-state index in [0.717, 1.165) is 24.3 Å². The van der Waals surface area contributed by atoms with Crippen LogP contribution in [0.3, 0.4) is 0 Å². The van der Waals surface area contributed by atoms with Gasteiger partial charge in [0.2, 0.25) is 0 Å². The van der Waals surface area contributed by atoms with Gasteiger partial charge in [-0.1, -0.05) is 18.5 Å². The molecule has 0 aliphatic carbocycles. The summed E-state index contributed by atoms with van der Waals surface area (Å²) in [6.07, 6.45) is 2.77. The van der Waals surface area contributed by atoms with Gasteiger partial charge in [-0.25, -0.2) is 9.37 Å². The monoisotopic (exact) mass is 294 g/mol. The van der Waals surface area contributed by atoms with Crippen molar-refractivity contribution in [1.82, 2.24) is 4.98 Å². The maximum atomic E-state index is 13.0. The number of halogens is 2. The number of nitrogens with one attached hydrogen (secondary N) is 1. The number of benzene rings is 1. The highest BCUT2D eigenvalue weighted by Crippen LogP contribution is 2.22. The Bertz CT molecular complexity index is 578. The highest BCUT2D eigenvalue weighted by atomic mass is 35.5. The van der Waals surface area contributed by atoms with Gasteiger partial charge >= 0.3 is 0 Å². The van der Waals surface area contributed by atoms with Gasteiger partial charge in [0.25, 0.3) is 0 Å². The van der Waals surface area contributed by atoms with Crippen molar-refractivity contribution in [3.63, 3.8) is 0 Å². The molecule has 0 bridgehead atoms. The second kappa shape index (κ2) is 7.10. The number of rotatable bonds is 6. The number of pyridine rings is 1. The van der Waals surface area contributed by atoms with E-state index >= 15 is 0 Å². The normalized spacial score (nSPS) is 10.3. The van der Waals surface area contributed by atoms with Crippen LogP contribution in [0.15, 0.2) is 36.5 Å². The predicted molar refractivity (Wildman–Crippen MR) is 78.8 cm³/mol. The molecular weight excluding hydrogens is 279 g/mol. The lowest BCUT2D eigenvalue weighted by Gasteiger charge is -2.09. The second-order valence-corrected chi connectivity index (χ2v) is 4.75. The Labute approximate surface area is 122 Å². The van der Waals surface area contributed by atoms with Gasteiger partial charge < -0.3 is 10.1 Å². The molecule has 0 radical (unpaired) electrons. The molecule has 0 aliphatic heterocycles. The first-order chi connectivity index (χ1) is 9.69. The first-order valence-electron chi connectivity index (χ1n) is 6.45. The van der Waals surface area contributed by atoms with Crippen molar-refractivity contribution in [3.8, 4) is 5.75 Å². The standard InChI is InChI=1S/C15H16ClFN2O/c1-2-6-18-15-8-11(5-7-19-15)10-20-12-3-4-14(17)13(16)9-12/h3-5,7-9H,2,6,10H2,1H3,(H,18,19). The topological polar surface area (TPSA) is 34.1 Å². The quantitative estimate of drug-likeness (QED) is 0.863. The van der Waals surface area contributed by atoms with Crippen molar-refractivity contribution in [2.24, 2.45) is 0 Å². The van der Waals surface area contributed by atoms with Gasteiger partial charge in [0.15, 0.2) is 0 Å². The summed E-state index contributed by atoms with van der Waals surface area (Å²) in [5, 5.41) is 3.27. The Morgan fingerprint density at radius 3 is 2.90 bits per heavy atom. The summed E-state index contributed by atoms with van der Waals surface area (Å²) in [5.74, 6) is 0.912. The smallest absolute Gasteiger partial charge is 0.142 e. The zero-order chi connectivity index (χ0) is 14.4. The third kappa shape index (κ3) is 4.10. The minimum atomic E-state index is -0.450. The third-order valence-electron chi connectivity index (χ3n) is 2.68. The van der Waals surface area contributed by atoms with Gasteiger partial charge in [-0.3, -0.25) is 0 Å². The highest BCUT2D eigenvalue weighted by Gasteiger charge is 2.03. The Hall–Kier alpha value is -1.81. The number of ether oxygens (including phenoxy) is 1. The zero-order valence-electron chi connectivity index (χ0n) is 11.2. The van der Waals surface area contributed by atoms with Crippen LogP contribution < -0.4 is 10.1 Å². The average Bonchev–Trinajstić information content (AvgIpc) is 2.47. The maximum absolute atomic E-state index is 13.0. The Morgan fingerprint density at radius 1 is 1.30 bits per heavy atom. The van der Waals surface area contributed by atoms with E-state index in [4.69, 9.17) is 16.3 Å². The van der Waals surface area contributed by atoms with Crippen molar-refractivity contribution >= 4 is 17.4 Å². The number of nitrogens with zero attached hydrogens (tertiary/aromatic N) is 1. The van der Waals surface area contributed by atoms with Crippen molar-refractivity contribution in [2.45, 2.75) is 20.0 Å². The average molecular weight is 295 g/mol. The molecule has 1 N–H and O–H groups in total. The van der Waals surface area contributed by atoms with Crippen molar-refractivity contribution in [3.05, 3.63) is 52.9 Å². The van der Waals surface area contributed by atoms with E-state index in [9.17, 15) is 4.39 Å². The van der Waals surface area contributed by atoms with Crippen molar-refractivity contribution < 1.29 is 9.13 Å². The van der Waals surface area contributed by atoms with E-state index in [1.165, 1.54) is 12.1 Å². The molecule has 0 spiro atoms. The van der Waals surface area contributed by atoms with E-state index < -0.39 is 5.82 Å². The lowest BCUT2D eigenvalue weighted by molar-refractivity contribution is 0.305. The Morgan fingerprint density at radius 2 is 2.15 bits per heavy atom. The Kier molecular flexibility index (Phi) is 5.18. The molecule has 0 aliphatic rings. The molecule has 106 valence electrons. The van der Waals surface area contributed by atoms with Crippen LogP contribution >= 0.6 is 11.6 Å². The summed E-state index contributed by atoms with van der Waals surface area (Å²) in [7, 11) is 0. The van der Waals surface area contributed by atoms with Crippen LogP contribution in [0.4, 0.5) is 10.2 Å². The predicted octanol–water partition coefficient (Wildman–Crippen LogP) is 4.28. The van der Waals surface area contributed by atoms with Gasteiger partial charge in [-0.2, -0.15) is 0 Å². The number of anilines is 1. The molecule has 5 heteroatoms. The van der Waals surface area contributed by atoms with Gasteiger partial charge in [0.05, 0.1) is 5.02 Å². The van der Waals surface area contributed by atoms with Gasteiger partial charge in [0.1, 0.15) is 24.0 Å². The van der Waals surface area contributed by atoms with Crippen LogP contribution in [0.5, 0.6) is 5.75 Å². The summed E-state index contributed by atoms with van der Waals surface area (Å²) < 4.78 is 18.6. The lowest BCUT2D eigenvalue weighted by atomic mass is 10.2. The largest absolute Gasteiger partial charge is 0.489 e. The fourth-order valence-corrected chi connectivity index (χ4v) is 1.82. The maximum Gasteiger partial charge on any atom is 0.142 e. The molecule has 0 amide bonds. The summed E-state index contributed by atoms with van der Waals surface area (Å²) in [5.41, 5.74) is 0.985. The highest BCUT2D eigenvalue weighted by molar-refractivity contribution is 6.30. The molecule has 2 rings (SSSR count). The molecule has 0 unspecified atom stereocenters. The number of aromatic nitrogens is 1. The second-order valence-electron chi connectivity index (χ2n) is 4.34. The molecule has 0 saturated carbocycles. The van der Waals surface area contributed by atoms with E-state index in [1.54, 1.807) is 12.3 Å². The lowest BCUT2D eigenvalue weighted by Crippen LogP contribution is -2.03. The fourth-order valence-electron chi connectivity index (χ4n) is 1.65. The molecule has 1 heterocycles. The number of hydrogen-bond acceptors (Lipinski definition) is 3. The van der Waals surface area contributed by atoms with E-state index in [1.807, 2.05) is 12.1 Å². The summed E-state index contributed by atoms with van der Waals surface area (Å²) in [4.78, 5) is 4.22. The molecule has 0 atom stereocenters. The van der Waals surface area contributed by atoms with Gasteiger partial charge in [-0.05, 0) is 36.2 Å². The molecule has 1 aromatic carbocycles. The third-order valence-corrected chi connectivity index (χ3v) is 2.97. The van der Waals surface area contributed by atoms with Gasteiger partial charge in [0, 0.05) is 18.8 Å². The molecule has 1 aromatic heterocycles. The molecule has 2 aromatic rings.